The summed E-state index contributed by atoms with van der Waals surface area (Å²) in [6.45, 7) is 4.38. The number of unbranched alkanes of at least 4 members (excludes halogenated alkanes) is 23. The standard InChI is InChI=1S/C48H90NO8P/c1-6-8-10-12-14-16-18-20-22-24-26-28-30-32-34-36-38-40-47(50)54-44-46(45-56-58(52,53)55-43-42-49(3,4)5)57-48(51)41-39-37-35-33-31-29-27-25-23-21-19-17-15-13-11-9-7-2/h20,22,26,28,32,34,46H,6-19,21,23-25,27,29-31,33,35-45H2,1-5H3/p+1/b22-20+,28-26+,34-32+/t46-/m1/s1. The molecule has 2 atom stereocenters. The van der Waals surface area contributed by atoms with Gasteiger partial charge in [-0.2, -0.15) is 0 Å². The molecule has 0 spiro atoms. The zero-order valence-electron chi connectivity index (χ0n) is 38.3. The zero-order chi connectivity index (χ0) is 42.8. The predicted molar refractivity (Wildman–Crippen MR) is 243 cm³/mol. The van der Waals surface area contributed by atoms with Gasteiger partial charge in [-0.15, -0.1) is 0 Å². The minimum absolute atomic E-state index is 0.0253. The Labute approximate surface area is 357 Å². The quantitative estimate of drug-likeness (QED) is 0.0213. The first kappa shape index (κ1) is 56.2. The highest BCUT2D eigenvalue weighted by Crippen LogP contribution is 2.43. The van der Waals surface area contributed by atoms with E-state index in [9.17, 15) is 19.0 Å². The first-order valence-electron chi connectivity index (χ1n) is 23.7. The molecule has 0 fully saturated rings. The third-order valence-electron chi connectivity index (χ3n) is 10.2. The van der Waals surface area contributed by atoms with Crippen molar-refractivity contribution in [3.05, 3.63) is 36.5 Å². The Bertz CT molecular complexity index is 1090. The van der Waals surface area contributed by atoms with E-state index in [2.05, 4.69) is 50.3 Å². The maximum absolute atomic E-state index is 12.7. The molecule has 1 N–H and O–H groups in total. The second kappa shape index (κ2) is 40.6. The van der Waals surface area contributed by atoms with Gasteiger partial charge in [0.1, 0.15) is 19.8 Å². The molecule has 1 unspecified atom stereocenters. The Morgan fingerprint density at radius 3 is 1.43 bits per heavy atom. The van der Waals surface area contributed by atoms with Crippen LogP contribution in [0, 0.1) is 0 Å². The number of phosphoric ester groups is 1. The second-order valence-corrected chi connectivity index (χ2v) is 18.6. The molecule has 0 aliphatic heterocycles. The number of quaternary nitrogens is 1. The van der Waals surface area contributed by atoms with Crippen LogP contribution in [0.3, 0.4) is 0 Å². The van der Waals surface area contributed by atoms with Crippen molar-refractivity contribution in [3.8, 4) is 0 Å². The van der Waals surface area contributed by atoms with E-state index in [1.807, 2.05) is 21.1 Å². The van der Waals surface area contributed by atoms with Gasteiger partial charge in [-0.1, -0.05) is 185 Å². The zero-order valence-corrected chi connectivity index (χ0v) is 39.2. The van der Waals surface area contributed by atoms with Crippen molar-refractivity contribution < 1.29 is 42.1 Å². The smallest absolute Gasteiger partial charge is 0.462 e. The Balaban J connectivity index is 4.37. The van der Waals surface area contributed by atoms with Crippen molar-refractivity contribution in [2.24, 2.45) is 0 Å². The van der Waals surface area contributed by atoms with Gasteiger partial charge in [0, 0.05) is 12.8 Å². The number of hydrogen-bond donors (Lipinski definition) is 1. The molecule has 340 valence electrons. The predicted octanol–water partition coefficient (Wildman–Crippen LogP) is 13.7. The lowest BCUT2D eigenvalue weighted by atomic mass is 10.0. The topological polar surface area (TPSA) is 108 Å². The number of carbonyl (C=O) groups excluding carboxylic acids is 2. The number of allylic oxidation sites excluding steroid dienone is 6. The molecule has 0 amide bonds. The maximum atomic E-state index is 12.7. The summed E-state index contributed by atoms with van der Waals surface area (Å²) in [6, 6.07) is 0. The first-order chi connectivity index (χ1) is 28.0. The molecular formula is C48H91NO8P+. The van der Waals surface area contributed by atoms with Crippen molar-refractivity contribution in [2.45, 2.75) is 213 Å². The van der Waals surface area contributed by atoms with E-state index in [4.69, 9.17) is 18.5 Å². The SMILES string of the molecule is CCCCCCCC/C=C/C/C=C/C/C=C/CCCC(=O)OC[C@H](COP(=O)(O)OCC[N+](C)(C)C)OC(=O)CCCCCCCCCCCCCCCCCCC. The molecule has 0 saturated carbocycles. The van der Waals surface area contributed by atoms with Crippen molar-refractivity contribution in [1.29, 1.82) is 0 Å². The third kappa shape index (κ3) is 43.8. The molecule has 0 aromatic carbocycles. The summed E-state index contributed by atoms with van der Waals surface area (Å²) in [6.07, 6.45) is 46.3. The van der Waals surface area contributed by atoms with E-state index in [-0.39, 0.29) is 26.1 Å². The van der Waals surface area contributed by atoms with E-state index < -0.39 is 32.5 Å². The molecule has 0 aliphatic carbocycles. The third-order valence-corrected chi connectivity index (χ3v) is 11.2. The fraction of sp³-hybridized carbons (Fsp3) is 0.833. The lowest BCUT2D eigenvalue weighted by Crippen LogP contribution is -2.37. The van der Waals surface area contributed by atoms with Crippen molar-refractivity contribution >= 4 is 19.8 Å². The van der Waals surface area contributed by atoms with Crippen LogP contribution in [0.1, 0.15) is 206 Å². The molecule has 0 heterocycles. The van der Waals surface area contributed by atoms with Crippen molar-refractivity contribution in [1.82, 2.24) is 0 Å². The molecule has 0 aromatic rings. The minimum atomic E-state index is -4.38. The molecule has 10 heteroatoms. The number of ether oxygens (including phenoxy) is 2. The van der Waals surface area contributed by atoms with E-state index >= 15 is 0 Å². The van der Waals surface area contributed by atoms with E-state index in [0.29, 0.717) is 23.9 Å². The van der Waals surface area contributed by atoms with Crippen LogP contribution in [0.25, 0.3) is 0 Å². The largest absolute Gasteiger partial charge is 0.472 e. The van der Waals surface area contributed by atoms with Crippen LogP contribution in [-0.2, 0) is 32.7 Å². The number of esters is 2. The number of hydrogen-bond acceptors (Lipinski definition) is 7. The highest BCUT2D eigenvalue weighted by atomic mass is 31.2. The Hall–Kier alpha value is -1.77. The monoisotopic (exact) mass is 841 g/mol. The van der Waals surface area contributed by atoms with Gasteiger partial charge < -0.3 is 18.9 Å². The van der Waals surface area contributed by atoms with Gasteiger partial charge in [0.05, 0.1) is 27.7 Å². The van der Waals surface area contributed by atoms with Crippen LogP contribution < -0.4 is 0 Å². The summed E-state index contributed by atoms with van der Waals surface area (Å²) in [5, 5.41) is 0. The summed E-state index contributed by atoms with van der Waals surface area (Å²) in [4.78, 5) is 35.4. The average Bonchev–Trinajstić information content (AvgIpc) is 3.17. The fourth-order valence-corrected chi connectivity index (χ4v) is 7.18. The number of carbonyl (C=O) groups is 2. The molecule has 9 nitrogen and oxygen atoms in total. The van der Waals surface area contributed by atoms with E-state index in [1.165, 1.54) is 135 Å². The molecule has 0 saturated heterocycles. The second-order valence-electron chi connectivity index (χ2n) is 17.1. The highest BCUT2D eigenvalue weighted by Gasteiger charge is 2.27. The average molecular weight is 841 g/mol. The number of rotatable bonds is 43. The van der Waals surface area contributed by atoms with Crippen LogP contribution in [0.5, 0.6) is 0 Å². The summed E-state index contributed by atoms with van der Waals surface area (Å²) in [5.74, 6) is -0.852. The van der Waals surface area contributed by atoms with Gasteiger partial charge in [0.25, 0.3) is 0 Å². The van der Waals surface area contributed by atoms with Crippen LogP contribution in [0.2, 0.25) is 0 Å². The normalized spacial score (nSPS) is 13.8. The van der Waals surface area contributed by atoms with Gasteiger partial charge in [0.2, 0.25) is 0 Å². The van der Waals surface area contributed by atoms with Crippen LogP contribution >= 0.6 is 7.82 Å². The molecule has 0 radical (unpaired) electrons. The van der Waals surface area contributed by atoms with Crippen LogP contribution in [-0.4, -0.2) is 74.9 Å². The Kier molecular flexibility index (Phi) is 39.4. The molecule has 0 rings (SSSR count). The Morgan fingerprint density at radius 1 is 0.534 bits per heavy atom. The lowest BCUT2D eigenvalue weighted by Gasteiger charge is -2.24. The summed E-state index contributed by atoms with van der Waals surface area (Å²) in [7, 11) is 1.46. The molecule has 58 heavy (non-hydrogen) atoms. The van der Waals surface area contributed by atoms with Crippen LogP contribution in [0.15, 0.2) is 36.5 Å². The summed E-state index contributed by atoms with van der Waals surface area (Å²) < 4.78 is 34.3. The van der Waals surface area contributed by atoms with Crippen molar-refractivity contribution in [3.63, 3.8) is 0 Å². The minimum Gasteiger partial charge on any atom is -0.462 e. The number of nitrogens with zero attached hydrogens (tertiary/aromatic N) is 1. The maximum Gasteiger partial charge on any atom is 0.472 e. The van der Waals surface area contributed by atoms with Gasteiger partial charge in [-0.25, -0.2) is 4.57 Å². The molecular weight excluding hydrogens is 750 g/mol. The first-order valence-corrected chi connectivity index (χ1v) is 25.2. The van der Waals surface area contributed by atoms with Gasteiger partial charge in [0.15, 0.2) is 6.10 Å². The van der Waals surface area contributed by atoms with Crippen molar-refractivity contribution in [2.75, 3.05) is 47.5 Å². The van der Waals surface area contributed by atoms with Crippen LogP contribution in [0.4, 0.5) is 0 Å². The number of likely N-dealkylation sites (N-methyl/N-ethyl adjacent to an activating group) is 1. The lowest BCUT2D eigenvalue weighted by molar-refractivity contribution is -0.870. The van der Waals surface area contributed by atoms with Gasteiger partial charge in [-0.3, -0.25) is 18.6 Å². The van der Waals surface area contributed by atoms with Gasteiger partial charge >= 0.3 is 19.8 Å². The molecule has 0 aliphatic rings. The Morgan fingerprint density at radius 2 is 0.948 bits per heavy atom. The molecule has 0 aromatic heterocycles. The van der Waals surface area contributed by atoms with E-state index in [0.717, 1.165) is 32.1 Å². The molecule has 0 bridgehead atoms. The number of phosphoric acid groups is 1. The summed E-state index contributed by atoms with van der Waals surface area (Å²) >= 11 is 0. The fourth-order valence-electron chi connectivity index (χ4n) is 6.44. The van der Waals surface area contributed by atoms with Gasteiger partial charge in [-0.05, 0) is 44.9 Å². The summed E-state index contributed by atoms with van der Waals surface area (Å²) in [5.41, 5.74) is 0. The van der Waals surface area contributed by atoms with E-state index in [1.54, 1.807) is 0 Å². The highest BCUT2D eigenvalue weighted by molar-refractivity contribution is 7.47.